The summed E-state index contributed by atoms with van der Waals surface area (Å²) in [7, 11) is 1.28. The molecule has 1 heterocycles. The lowest BCUT2D eigenvalue weighted by molar-refractivity contribution is -0.113. The maximum atomic E-state index is 13.4. The molecule has 0 fully saturated rings. The lowest BCUT2D eigenvalue weighted by Crippen LogP contribution is -2.15. The third-order valence-electron chi connectivity index (χ3n) is 3.68. The number of methoxy groups -OCH3 is 1. The van der Waals surface area contributed by atoms with Crippen molar-refractivity contribution in [3.8, 4) is 0 Å². The van der Waals surface area contributed by atoms with Crippen LogP contribution in [0.4, 0.5) is 14.5 Å². The Morgan fingerprint density at radius 1 is 1.19 bits per heavy atom. The van der Waals surface area contributed by atoms with Gasteiger partial charge in [-0.1, -0.05) is 23.9 Å². The van der Waals surface area contributed by atoms with Crippen LogP contribution in [0, 0.1) is 0 Å². The Morgan fingerprint density at radius 3 is 2.56 bits per heavy atom. The number of ether oxygens (including phenoxy) is 1. The lowest BCUT2D eigenvalue weighted by Gasteiger charge is -2.08. The van der Waals surface area contributed by atoms with E-state index in [9.17, 15) is 18.4 Å². The second-order valence-corrected chi connectivity index (χ2v) is 6.38. The molecule has 0 bridgehead atoms. The number of aromatic nitrogens is 2. The Kier molecular flexibility index (Phi) is 5.70. The molecule has 1 aromatic heterocycles. The number of nitrogens with zero attached hydrogens (tertiary/aromatic N) is 2. The van der Waals surface area contributed by atoms with E-state index in [0.717, 1.165) is 16.3 Å². The van der Waals surface area contributed by atoms with Crippen molar-refractivity contribution in [2.45, 2.75) is 11.7 Å². The SMILES string of the molecule is COC(=O)c1ccc(NC(=O)CSc2nc3ccccc3n2C(F)F)cc1. The fourth-order valence-corrected chi connectivity index (χ4v) is 3.26. The van der Waals surface area contributed by atoms with Crippen LogP contribution < -0.4 is 5.32 Å². The highest BCUT2D eigenvalue weighted by molar-refractivity contribution is 7.99. The molecular weight excluding hydrogens is 376 g/mol. The van der Waals surface area contributed by atoms with Gasteiger partial charge in [0.2, 0.25) is 5.91 Å². The number of para-hydroxylation sites is 2. The molecule has 140 valence electrons. The molecule has 0 saturated heterocycles. The zero-order valence-electron chi connectivity index (χ0n) is 14.2. The minimum Gasteiger partial charge on any atom is -0.465 e. The number of alkyl halides is 2. The zero-order valence-corrected chi connectivity index (χ0v) is 15.0. The molecule has 27 heavy (non-hydrogen) atoms. The van der Waals surface area contributed by atoms with Gasteiger partial charge in [0.25, 0.3) is 0 Å². The van der Waals surface area contributed by atoms with E-state index in [1.54, 1.807) is 36.4 Å². The Bertz CT molecular complexity index is 974. The first kappa shape index (κ1) is 18.8. The molecule has 6 nitrogen and oxygen atoms in total. The summed E-state index contributed by atoms with van der Waals surface area (Å²) in [5, 5.41) is 2.71. The number of imidazole rings is 1. The van der Waals surface area contributed by atoms with E-state index in [0.29, 0.717) is 22.3 Å². The third-order valence-corrected chi connectivity index (χ3v) is 4.63. The molecular formula is C18H15F2N3O3S. The van der Waals surface area contributed by atoms with Crippen molar-refractivity contribution < 1.29 is 23.1 Å². The van der Waals surface area contributed by atoms with E-state index in [1.165, 1.54) is 19.2 Å². The molecule has 0 atom stereocenters. The van der Waals surface area contributed by atoms with Gasteiger partial charge in [-0.25, -0.2) is 9.78 Å². The molecule has 3 aromatic rings. The molecule has 1 N–H and O–H groups in total. The Labute approximate surface area is 157 Å². The van der Waals surface area contributed by atoms with Crippen LogP contribution in [-0.2, 0) is 9.53 Å². The molecule has 0 aliphatic rings. The van der Waals surface area contributed by atoms with Gasteiger partial charge < -0.3 is 10.1 Å². The monoisotopic (exact) mass is 391 g/mol. The van der Waals surface area contributed by atoms with Crippen molar-refractivity contribution in [2.24, 2.45) is 0 Å². The first-order valence-electron chi connectivity index (χ1n) is 7.85. The molecule has 1 amide bonds. The number of esters is 1. The van der Waals surface area contributed by atoms with E-state index in [4.69, 9.17) is 0 Å². The van der Waals surface area contributed by atoms with Crippen LogP contribution in [0.3, 0.4) is 0 Å². The van der Waals surface area contributed by atoms with Crippen LogP contribution in [0.15, 0.2) is 53.7 Å². The third kappa shape index (κ3) is 4.25. The number of rotatable bonds is 6. The number of hydrogen-bond acceptors (Lipinski definition) is 5. The summed E-state index contributed by atoms with van der Waals surface area (Å²) in [6.07, 6.45) is 0. The Hall–Kier alpha value is -2.94. The van der Waals surface area contributed by atoms with Gasteiger partial charge >= 0.3 is 12.5 Å². The van der Waals surface area contributed by atoms with Crippen LogP contribution in [0.1, 0.15) is 16.9 Å². The molecule has 0 aliphatic heterocycles. The molecule has 9 heteroatoms. The quantitative estimate of drug-likeness (QED) is 0.509. The second kappa shape index (κ2) is 8.17. The number of amides is 1. The maximum absolute atomic E-state index is 13.4. The van der Waals surface area contributed by atoms with Crippen molar-refractivity contribution in [2.75, 3.05) is 18.2 Å². The van der Waals surface area contributed by atoms with E-state index in [1.807, 2.05) is 0 Å². The topological polar surface area (TPSA) is 73.2 Å². The summed E-state index contributed by atoms with van der Waals surface area (Å²) in [5.41, 5.74) is 1.60. The van der Waals surface area contributed by atoms with Gasteiger partial charge in [0.1, 0.15) is 0 Å². The highest BCUT2D eigenvalue weighted by Crippen LogP contribution is 2.29. The predicted octanol–water partition coefficient (Wildman–Crippen LogP) is 3.95. The summed E-state index contributed by atoms with van der Waals surface area (Å²) in [6, 6.07) is 12.7. The minimum absolute atomic E-state index is 0.0717. The number of carbonyl (C=O) groups is 2. The number of anilines is 1. The van der Waals surface area contributed by atoms with Gasteiger partial charge in [-0.3, -0.25) is 9.36 Å². The van der Waals surface area contributed by atoms with Crippen molar-refractivity contribution in [3.05, 3.63) is 54.1 Å². The first-order chi connectivity index (χ1) is 13.0. The summed E-state index contributed by atoms with van der Waals surface area (Å²) in [4.78, 5) is 27.7. The number of nitrogens with one attached hydrogen (secondary N) is 1. The lowest BCUT2D eigenvalue weighted by atomic mass is 10.2. The Morgan fingerprint density at radius 2 is 1.89 bits per heavy atom. The van der Waals surface area contributed by atoms with Crippen LogP contribution in [0.2, 0.25) is 0 Å². The van der Waals surface area contributed by atoms with Crippen molar-refractivity contribution in [1.29, 1.82) is 0 Å². The highest BCUT2D eigenvalue weighted by atomic mass is 32.2. The van der Waals surface area contributed by atoms with Crippen LogP contribution in [0.25, 0.3) is 11.0 Å². The second-order valence-electron chi connectivity index (χ2n) is 5.44. The summed E-state index contributed by atoms with van der Waals surface area (Å²) in [5.74, 6) is -0.942. The standard InChI is InChI=1S/C18H15F2N3O3S/c1-26-16(25)11-6-8-12(9-7-11)21-15(24)10-27-18-22-13-4-2-3-5-14(13)23(18)17(19)20/h2-9,17H,10H2,1H3,(H,21,24). The molecule has 2 aromatic carbocycles. The molecule has 0 unspecified atom stereocenters. The first-order valence-corrected chi connectivity index (χ1v) is 8.84. The normalized spacial score (nSPS) is 11.0. The number of thioether (sulfide) groups is 1. The van der Waals surface area contributed by atoms with E-state index < -0.39 is 12.5 Å². The summed E-state index contributed by atoms with van der Waals surface area (Å²) >= 11 is 0.926. The van der Waals surface area contributed by atoms with E-state index in [2.05, 4.69) is 15.0 Å². The van der Waals surface area contributed by atoms with E-state index >= 15 is 0 Å². The van der Waals surface area contributed by atoms with Gasteiger partial charge in [0.15, 0.2) is 5.16 Å². The van der Waals surface area contributed by atoms with Gasteiger partial charge in [-0.15, -0.1) is 0 Å². The van der Waals surface area contributed by atoms with Crippen LogP contribution in [0.5, 0.6) is 0 Å². The van der Waals surface area contributed by atoms with Gasteiger partial charge in [0.05, 0.1) is 29.5 Å². The molecule has 0 saturated carbocycles. The highest BCUT2D eigenvalue weighted by Gasteiger charge is 2.18. The van der Waals surface area contributed by atoms with Crippen LogP contribution >= 0.6 is 11.8 Å². The average Bonchev–Trinajstić information content (AvgIpc) is 3.05. The minimum atomic E-state index is -2.76. The molecule has 0 radical (unpaired) electrons. The average molecular weight is 391 g/mol. The fourth-order valence-electron chi connectivity index (χ4n) is 2.45. The van der Waals surface area contributed by atoms with Crippen molar-refractivity contribution in [1.82, 2.24) is 9.55 Å². The van der Waals surface area contributed by atoms with Gasteiger partial charge in [0, 0.05) is 5.69 Å². The molecule has 3 rings (SSSR count). The van der Waals surface area contributed by atoms with Crippen LogP contribution in [-0.4, -0.2) is 34.3 Å². The van der Waals surface area contributed by atoms with Crippen molar-refractivity contribution >= 4 is 40.4 Å². The van der Waals surface area contributed by atoms with Gasteiger partial charge in [-0.05, 0) is 36.4 Å². The largest absolute Gasteiger partial charge is 0.465 e. The van der Waals surface area contributed by atoms with E-state index in [-0.39, 0.29) is 16.8 Å². The number of halogens is 2. The maximum Gasteiger partial charge on any atom is 0.337 e. The number of hydrogen-bond donors (Lipinski definition) is 1. The zero-order chi connectivity index (χ0) is 19.4. The van der Waals surface area contributed by atoms with Gasteiger partial charge in [-0.2, -0.15) is 8.78 Å². The fraction of sp³-hybridized carbons (Fsp3) is 0.167. The number of benzene rings is 2. The van der Waals surface area contributed by atoms with Crippen molar-refractivity contribution in [3.63, 3.8) is 0 Å². The Balaban J connectivity index is 1.66. The number of carbonyl (C=O) groups excluding carboxylic acids is 2. The summed E-state index contributed by atoms with van der Waals surface area (Å²) in [6.45, 7) is -2.76. The smallest absolute Gasteiger partial charge is 0.337 e. The molecule has 0 spiro atoms. The molecule has 0 aliphatic carbocycles. The predicted molar refractivity (Wildman–Crippen MR) is 98.1 cm³/mol. The number of fused-ring (bicyclic) bond motifs is 1. The summed E-state index contributed by atoms with van der Waals surface area (Å²) < 4.78 is 32.1.